The van der Waals surface area contributed by atoms with Gasteiger partial charge in [0.15, 0.2) is 5.65 Å². The van der Waals surface area contributed by atoms with Crippen LogP contribution in [0.1, 0.15) is 6.42 Å². The lowest BCUT2D eigenvalue weighted by molar-refractivity contribution is -0.154. The summed E-state index contributed by atoms with van der Waals surface area (Å²) in [5.41, 5.74) is 0.449. The highest BCUT2D eigenvalue weighted by molar-refractivity contribution is 5.74. The maximum Gasteiger partial charge on any atom is 0.391 e. The zero-order valence-corrected chi connectivity index (χ0v) is 12.3. The summed E-state index contributed by atoms with van der Waals surface area (Å²) in [6, 6.07) is 9.01. The monoisotopic (exact) mass is 338 g/mol. The minimum absolute atomic E-state index is 0.167. The van der Waals surface area contributed by atoms with E-state index < -0.39 is 30.8 Å². The molecule has 24 heavy (non-hydrogen) atoms. The van der Waals surface area contributed by atoms with Crippen molar-refractivity contribution in [1.82, 2.24) is 19.3 Å². The fourth-order valence-corrected chi connectivity index (χ4v) is 2.40. The van der Waals surface area contributed by atoms with Crippen molar-refractivity contribution in [1.29, 1.82) is 0 Å². The van der Waals surface area contributed by atoms with Gasteiger partial charge in [0.25, 0.3) is 5.56 Å². The molecule has 9 heteroatoms. The molecule has 6 nitrogen and oxygen atoms in total. The molecule has 0 aliphatic carbocycles. The second kappa shape index (κ2) is 6.08. The Morgan fingerprint density at radius 1 is 1.21 bits per heavy atom. The average Bonchev–Trinajstić information content (AvgIpc) is 2.94. The van der Waals surface area contributed by atoms with Gasteiger partial charge < -0.3 is 5.11 Å². The van der Waals surface area contributed by atoms with E-state index in [9.17, 15) is 23.1 Å². The lowest BCUT2D eigenvalue weighted by atomic mass is 10.2. The molecular weight excluding hydrogens is 325 g/mol. The first-order chi connectivity index (χ1) is 11.3. The standard InChI is InChI=1S/C15H13F3N4O2/c16-15(17,18)6-11(23)8-21-9-19-13-12(14(21)24)7-20-22(13)10-4-2-1-3-5-10/h1-5,7,9,11,23H,6,8H2. The highest BCUT2D eigenvalue weighted by Crippen LogP contribution is 2.22. The third-order valence-electron chi connectivity index (χ3n) is 3.43. The summed E-state index contributed by atoms with van der Waals surface area (Å²) in [4.78, 5) is 16.5. The molecule has 2 heterocycles. The quantitative estimate of drug-likeness (QED) is 0.788. The molecule has 0 saturated carbocycles. The van der Waals surface area contributed by atoms with Gasteiger partial charge in [-0.05, 0) is 12.1 Å². The number of nitrogens with zero attached hydrogens (tertiary/aromatic N) is 4. The van der Waals surface area contributed by atoms with Crippen molar-refractivity contribution >= 4 is 11.0 Å². The minimum Gasteiger partial charge on any atom is -0.391 e. The number of fused-ring (bicyclic) bond motifs is 1. The summed E-state index contributed by atoms with van der Waals surface area (Å²) in [7, 11) is 0. The van der Waals surface area contributed by atoms with Crippen LogP contribution in [-0.2, 0) is 6.54 Å². The molecule has 0 fully saturated rings. The van der Waals surface area contributed by atoms with Gasteiger partial charge in [0.2, 0.25) is 0 Å². The Balaban J connectivity index is 1.94. The summed E-state index contributed by atoms with van der Waals surface area (Å²) in [5, 5.41) is 13.8. The summed E-state index contributed by atoms with van der Waals surface area (Å²) in [5.74, 6) is 0. The number of aliphatic hydroxyl groups is 1. The van der Waals surface area contributed by atoms with E-state index in [0.717, 1.165) is 10.9 Å². The molecule has 1 unspecified atom stereocenters. The van der Waals surface area contributed by atoms with E-state index in [0.29, 0.717) is 11.3 Å². The molecule has 1 N–H and O–H groups in total. The predicted octanol–water partition coefficient (Wildman–Crippen LogP) is 1.90. The van der Waals surface area contributed by atoms with Gasteiger partial charge in [0.1, 0.15) is 11.7 Å². The van der Waals surface area contributed by atoms with Crippen LogP contribution in [0.3, 0.4) is 0 Å². The number of benzene rings is 1. The van der Waals surface area contributed by atoms with Gasteiger partial charge in [-0.15, -0.1) is 0 Å². The second-order valence-electron chi connectivity index (χ2n) is 5.30. The topological polar surface area (TPSA) is 72.9 Å². The van der Waals surface area contributed by atoms with E-state index in [1.165, 1.54) is 10.9 Å². The third kappa shape index (κ3) is 3.30. The maximum absolute atomic E-state index is 12.4. The SMILES string of the molecule is O=c1c2cnn(-c3ccccc3)c2ncn1CC(O)CC(F)(F)F. The van der Waals surface area contributed by atoms with Crippen molar-refractivity contribution < 1.29 is 18.3 Å². The summed E-state index contributed by atoms with van der Waals surface area (Å²) < 4.78 is 39.3. The third-order valence-corrected chi connectivity index (χ3v) is 3.43. The van der Waals surface area contributed by atoms with Crippen molar-refractivity contribution in [2.75, 3.05) is 0 Å². The molecule has 126 valence electrons. The average molecular weight is 338 g/mol. The fourth-order valence-electron chi connectivity index (χ4n) is 2.40. The van der Waals surface area contributed by atoms with Gasteiger partial charge in [-0.3, -0.25) is 9.36 Å². The molecule has 1 atom stereocenters. The van der Waals surface area contributed by atoms with E-state index in [1.807, 2.05) is 6.07 Å². The normalized spacial score (nSPS) is 13.3. The molecule has 0 aliphatic rings. The number of para-hydroxylation sites is 1. The van der Waals surface area contributed by atoms with Crippen molar-refractivity contribution in [3.8, 4) is 5.69 Å². The molecule has 2 aromatic heterocycles. The number of aliphatic hydroxyl groups excluding tert-OH is 1. The molecule has 0 saturated heterocycles. The van der Waals surface area contributed by atoms with E-state index in [4.69, 9.17) is 0 Å². The van der Waals surface area contributed by atoms with Crippen molar-refractivity contribution in [3.05, 3.63) is 53.2 Å². The van der Waals surface area contributed by atoms with E-state index in [1.54, 1.807) is 24.3 Å². The Labute approximate surface area is 133 Å². The zero-order chi connectivity index (χ0) is 17.3. The number of halogens is 3. The minimum atomic E-state index is -4.50. The fraction of sp³-hybridized carbons (Fsp3) is 0.267. The first kappa shape index (κ1) is 16.2. The number of alkyl halides is 3. The van der Waals surface area contributed by atoms with Gasteiger partial charge in [-0.1, -0.05) is 18.2 Å². The second-order valence-corrected chi connectivity index (χ2v) is 5.30. The maximum atomic E-state index is 12.4. The first-order valence-electron chi connectivity index (χ1n) is 7.08. The van der Waals surface area contributed by atoms with Crippen molar-refractivity contribution in [2.45, 2.75) is 25.2 Å². The molecule has 0 amide bonds. The number of aromatic nitrogens is 4. The Bertz CT molecular complexity index is 902. The number of hydrogen-bond donors (Lipinski definition) is 1. The van der Waals surface area contributed by atoms with Crippen molar-refractivity contribution in [3.63, 3.8) is 0 Å². The lowest BCUT2D eigenvalue weighted by Gasteiger charge is -2.14. The Morgan fingerprint density at radius 3 is 2.58 bits per heavy atom. The molecule has 0 radical (unpaired) electrons. The van der Waals surface area contributed by atoms with Crippen LogP contribution in [0.2, 0.25) is 0 Å². The zero-order valence-electron chi connectivity index (χ0n) is 12.3. The molecule has 0 aliphatic heterocycles. The van der Waals surface area contributed by atoms with Crippen LogP contribution in [0.5, 0.6) is 0 Å². The van der Waals surface area contributed by atoms with Gasteiger partial charge >= 0.3 is 6.18 Å². The Kier molecular flexibility index (Phi) is 4.10. The highest BCUT2D eigenvalue weighted by Gasteiger charge is 2.31. The predicted molar refractivity (Wildman–Crippen MR) is 79.8 cm³/mol. The van der Waals surface area contributed by atoms with Crippen LogP contribution < -0.4 is 5.56 Å². The molecule has 3 aromatic rings. The van der Waals surface area contributed by atoms with Crippen LogP contribution >= 0.6 is 0 Å². The highest BCUT2D eigenvalue weighted by atomic mass is 19.4. The van der Waals surface area contributed by atoms with Crippen LogP contribution in [-0.4, -0.2) is 36.7 Å². The van der Waals surface area contributed by atoms with E-state index >= 15 is 0 Å². The first-order valence-corrected chi connectivity index (χ1v) is 7.08. The number of rotatable bonds is 4. The molecule has 0 spiro atoms. The van der Waals surface area contributed by atoms with Gasteiger partial charge in [0, 0.05) is 0 Å². The van der Waals surface area contributed by atoms with Crippen LogP contribution in [0, 0.1) is 0 Å². The molecule has 0 bridgehead atoms. The van der Waals surface area contributed by atoms with Crippen molar-refractivity contribution in [2.24, 2.45) is 0 Å². The summed E-state index contributed by atoms with van der Waals surface area (Å²) in [6.45, 7) is -0.488. The lowest BCUT2D eigenvalue weighted by Crippen LogP contribution is -2.30. The smallest absolute Gasteiger partial charge is 0.391 e. The van der Waals surface area contributed by atoms with Gasteiger partial charge in [-0.2, -0.15) is 18.3 Å². The Morgan fingerprint density at radius 2 is 1.92 bits per heavy atom. The largest absolute Gasteiger partial charge is 0.391 e. The molecular formula is C15H13F3N4O2. The Hall–Kier alpha value is -2.68. The van der Waals surface area contributed by atoms with E-state index in [2.05, 4.69) is 10.1 Å². The molecule has 3 rings (SSSR count). The van der Waals surface area contributed by atoms with Crippen LogP contribution in [0.4, 0.5) is 13.2 Å². The summed E-state index contributed by atoms with van der Waals surface area (Å²) >= 11 is 0. The summed E-state index contributed by atoms with van der Waals surface area (Å²) in [6.07, 6.45) is -5.18. The van der Waals surface area contributed by atoms with Gasteiger partial charge in [-0.25, -0.2) is 9.67 Å². The van der Waals surface area contributed by atoms with Crippen LogP contribution in [0.25, 0.3) is 16.7 Å². The number of hydrogen-bond acceptors (Lipinski definition) is 4. The van der Waals surface area contributed by atoms with Crippen LogP contribution in [0.15, 0.2) is 47.7 Å². The molecule has 1 aromatic carbocycles. The van der Waals surface area contributed by atoms with Gasteiger partial charge in [0.05, 0.1) is 31.0 Å². The van der Waals surface area contributed by atoms with E-state index in [-0.39, 0.29) is 5.39 Å².